The van der Waals surface area contributed by atoms with Gasteiger partial charge in [0.1, 0.15) is 11.3 Å². The highest BCUT2D eigenvalue weighted by atomic mass is 35.5. The summed E-state index contributed by atoms with van der Waals surface area (Å²) in [5, 5.41) is 0.359. The lowest BCUT2D eigenvalue weighted by molar-refractivity contribution is 0.00831. The van der Waals surface area contributed by atoms with Gasteiger partial charge in [-0.15, -0.1) is 11.6 Å². The smallest absolute Gasteiger partial charge is 0.160 e. The number of imidazole rings is 1. The van der Waals surface area contributed by atoms with Crippen LogP contribution in [0.25, 0.3) is 11.2 Å². The number of rotatable bonds is 4. The average Bonchev–Trinajstić information content (AvgIpc) is 2.67. The molecule has 0 amide bonds. The quantitative estimate of drug-likeness (QED) is 0.806. The fourth-order valence-corrected chi connectivity index (χ4v) is 2.23. The van der Waals surface area contributed by atoms with Crippen molar-refractivity contribution in [2.24, 2.45) is 0 Å². The Hall–Kier alpha value is -0.840. The molecule has 4 nitrogen and oxygen atoms in total. The number of methoxy groups -OCH3 is 1. The Morgan fingerprint density at radius 2 is 2.16 bits per heavy atom. The molecule has 0 aliphatic rings. The zero-order chi connectivity index (χ0) is 14.2. The molecular weight excluding hydrogens is 285 g/mol. The molecule has 1 atom stereocenters. The van der Waals surface area contributed by atoms with Gasteiger partial charge in [-0.1, -0.05) is 11.6 Å². The summed E-state index contributed by atoms with van der Waals surface area (Å²) in [5.74, 6) is 0.775. The second kappa shape index (κ2) is 5.27. The Balaban J connectivity index is 2.59. The van der Waals surface area contributed by atoms with Crippen molar-refractivity contribution in [1.29, 1.82) is 0 Å². The number of halogens is 2. The standard InChI is InChI=1S/C13H17Cl2N3O/c1-8(14)11-17-10-5-9(15)6-16-12(10)18(11)7-13(2,3)19-4/h5-6,8H,7H2,1-4H3. The van der Waals surface area contributed by atoms with Crippen molar-refractivity contribution in [3.8, 4) is 0 Å². The molecule has 0 saturated carbocycles. The topological polar surface area (TPSA) is 39.9 Å². The molecule has 104 valence electrons. The number of pyridine rings is 1. The van der Waals surface area contributed by atoms with Gasteiger partial charge in [-0.3, -0.25) is 0 Å². The van der Waals surface area contributed by atoms with Crippen LogP contribution in [-0.4, -0.2) is 27.2 Å². The Bertz CT molecular complexity index is 593. The summed E-state index contributed by atoms with van der Waals surface area (Å²) >= 11 is 12.2. The lowest BCUT2D eigenvalue weighted by Crippen LogP contribution is -2.30. The second-order valence-corrected chi connectivity index (χ2v) is 6.22. The van der Waals surface area contributed by atoms with Crippen LogP contribution in [-0.2, 0) is 11.3 Å². The maximum absolute atomic E-state index is 6.21. The van der Waals surface area contributed by atoms with Crippen molar-refractivity contribution in [3.63, 3.8) is 0 Å². The van der Waals surface area contributed by atoms with Crippen LogP contribution in [0.1, 0.15) is 32.0 Å². The summed E-state index contributed by atoms with van der Waals surface area (Å²) in [5.41, 5.74) is 1.20. The maximum Gasteiger partial charge on any atom is 0.160 e. The summed E-state index contributed by atoms with van der Waals surface area (Å²) in [6, 6.07) is 1.79. The van der Waals surface area contributed by atoms with Crippen molar-refractivity contribution >= 4 is 34.4 Å². The zero-order valence-electron chi connectivity index (χ0n) is 11.4. The zero-order valence-corrected chi connectivity index (χ0v) is 13.0. The number of nitrogens with zero attached hydrogens (tertiary/aromatic N) is 3. The van der Waals surface area contributed by atoms with Crippen LogP contribution in [0.5, 0.6) is 0 Å². The Labute approximate surface area is 122 Å². The lowest BCUT2D eigenvalue weighted by Gasteiger charge is -2.24. The molecule has 2 heterocycles. The summed E-state index contributed by atoms with van der Waals surface area (Å²) in [7, 11) is 1.69. The normalized spacial score (nSPS) is 14.0. The van der Waals surface area contributed by atoms with E-state index in [0.29, 0.717) is 11.6 Å². The Kier molecular flexibility index (Phi) is 4.04. The van der Waals surface area contributed by atoms with E-state index in [4.69, 9.17) is 27.9 Å². The molecular formula is C13H17Cl2N3O. The number of fused-ring (bicyclic) bond motifs is 1. The van der Waals surface area contributed by atoms with Gasteiger partial charge in [-0.2, -0.15) is 0 Å². The number of ether oxygens (including phenoxy) is 1. The van der Waals surface area contributed by atoms with E-state index in [2.05, 4.69) is 9.97 Å². The van der Waals surface area contributed by atoms with Crippen LogP contribution in [0.4, 0.5) is 0 Å². The molecule has 2 aromatic heterocycles. The molecule has 0 aliphatic heterocycles. The number of alkyl halides is 1. The molecule has 0 aliphatic carbocycles. The van der Waals surface area contributed by atoms with E-state index in [9.17, 15) is 0 Å². The minimum Gasteiger partial charge on any atom is -0.377 e. The molecule has 1 unspecified atom stereocenters. The fourth-order valence-electron chi connectivity index (χ4n) is 1.91. The van der Waals surface area contributed by atoms with Crippen LogP contribution in [0, 0.1) is 0 Å². The lowest BCUT2D eigenvalue weighted by atomic mass is 10.1. The molecule has 0 fully saturated rings. The summed E-state index contributed by atoms with van der Waals surface area (Å²) in [4.78, 5) is 8.88. The van der Waals surface area contributed by atoms with E-state index in [0.717, 1.165) is 17.0 Å². The minimum atomic E-state index is -0.324. The average molecular weight is 302 g/mol. The predicted molar refractivity (Wildman–Crippen MR) is 77.9 cm³/mol. The van der Waals surface area contributed by atoms with E-state index < -0.39 is 0 Å². The van der Waals surface area contributed by atoms with Crippen LogP contribution < -0.4 is 0 Å². The molecule has 19 heavy (non-hydrogen) atoms. The molecule has 0 spiro atoms. The van der Waals surface area contributed by atoms with E-state index >= 15 is 0 Å². The van der Waals surface area contributed by atoms with E-state index in [1.165, 1.54) is 0 Å². The summed E-state index contributed by atoms with van der Waals surface area (Å²) < 4.78 is 7.47. The summed E-state index contributed by atoms with van der Waals surface area (Å²) in [6.07, 6.45) is 1.62. The van der Waals surface area contributed by atoms with E-state index in [1.807, 2.05) is 25.3 Å². The molecule has 0 N–H and O–H groups in total. The van der Waals surface area contributed by atoms with Crippen LogP contribution in [0.15, 0.2) is 12.3 Å². The van der Waals surface area contributed by atoms with Gasteiger partial charge in [-0.05, 0) is 26.8 Å². The Morgan fingerprint density at radius 3 is 2.74 bits per heavy atom. The van der Waals surface area contributed by atoms with Gasteiger partial charge in [0.2, 0.25) is 0 Å². The molecule has 2 rings (SSSR count). The van der Waals surface area contributed by atoms with Crippen LogP contribution in [0.3, 0.4) is 0 Å². The molecule has 0 bridgehead atoms. The van der Waals surface area contributed by atoms with Crippen molar-refractivity contribution in [2.45, 2.75) is 38.3 Å². The fraction of sp³-hybridized carbons (Fsp3) is 0.538. The molecule has 6 heteroatoms. The molecule has 0 saturated heterocycles. The Morgan fingerprint density at radius 1 is 1.47 bits per heavy atom. The first kappa shape index (κ1) is 14.6. The molecule has 2 aromatic rings. The highest BCUT2D eigenvalue weighted by Gasteiger charge is 2.23. The first-order valence-corrected chi connectivity index (χ1v) is 6.86. The van der Waals surface area contributed by atoms with Crippen molar-refractivity contribution < 1.29 is 4.74 Å². The van der Waals surface area contributed by atoms with Gasteiger partial charge in [0.15, 0.2) is 5.65 Å². The third-order valence-corrected chi connectivity index (χ3v) is 3.43. The van der Waals surface area contributed by atoms with Crippen molar-refractivity contribution in [3.05, 3.63) is 23.1 Å². The highest BCUT2D eigenvalue weighted by Crippen LogP contribution is 2.27. The largest absolute Gasteiger partial charge is 0.377 e. The number of aromatic nitrogens is 3. The van der Waals surface area contributed by atoms with Gasteiger partial charge in [-0.25, -0.2) is 9.97 Å². The SMILES string of the molecule is COC(C)(C)Cn1c(C(C)Cl)nc2cc(Cl)cnc21. The molecule has 0 radical (unpaired) electrons. The van der Waals surface area contributed by atoms with Crippen molar-refractivity contribution in [1.82, 2.24) is 14.5 Å². The van der Waals surface area contributed by atoms with Crippen molar-refractivity contribution in [2.75, 3.05) is 7.11 Å². The van der Waals surface area contributed by atoms with Gasteiger partial charge < -0.3 is 9.30 Å². The van der Waals surface area contributed by atoms with Gasteiger partial charge in [0.05, 0.1) is 22.5 Å². The monoisotopic (exact) mass is 301 g/mol. The predicted octanol–water partition coefficient (Wildman–Crippen LogP) is 3.81. The molecule has 0 aromatic carbocycles. The third-order valence-electron chi connectivity index (χ3n) is 3.03. The maximum atomic E-state index is 6.21. The van der Waals surface area contributed by atoms with E-state index in [-0.39, 0.29) is 11.0 Å². The van der Waals surface area contributed by atoms with Gasteiger partial charge in [0.25, 0.3) is 0 Å². The van der Waals surface area contributed by atoms with Gasteiger partial charge in [0, 0.05) is 13.3 Å². The van der Waals surface area contributed by atoms with E-state index in [1.54, 1.807) is 19.4 Å². The second-order valence-electron chi connectivity index (χ2n) is 5.13. The summed E-state index contributed by atoms with van der Waals surface area (Å²) in [6.45, 7) is 6.54. The van der Waals surface area contributed by atoms with Crippen LogP contribution >= 0.6 is 23.2 Å². The minimum absolute atomic E-state index is 0.208. The first-order chi connectivity index (χ1) is 8.84. The van der Waals surface area contributed by atoms with Gasteiger partial charge >= 0.3 is 0 Å². The first-order valence-electron chi connectivity index (χ1n) is 6.05. The third kappa shape index (κ3) is 3.02. The number of hydrogen-bond acceptors (Lipinski definition) is 3. The number of hydrogen-bond donors (Lipinski definition) is 0. The highest BCUT2D eigenvalue weighted by molar-refractivity contribution is 6.31. The van der Waals surface area contributed by atoms with Crippen LogP contribution in [0.2, 0.25) is 5.02 Å².